The maximum absolute atomic E-state index is 12.8. The van der Waals surface area contributed by atoms with Crippen LogP contribution in [0.1, 0.15) is 0 Å². The lowest BCUT2D eigenvalue weighted by molar-refractivity contribution is -0.0499. The predicted molar refractivity (Wildman–Crippen MR) is 111 cm³/mol. The van der Waals surface area contributed by atoms with Gasteiger partial charge in [-0.15, -0.1) is 0 Å². The number of hydrogen-bond acceptors (Lipinski definition) is 7. The number of hydrogen-bond donors (Lipinski definition) is 3. The van der Waals surface area contributed by atoms with Crippen molar-refractivity contribution in [1.29, 1.82) is 0 Å². The zero-order valence-electron chi connectivity index (χ0n) is 15.6. The summed E-state index contributed by atoms with van der Waals surface area (Å²) in [6, 6.07) is 7.83. The van der Waals surface area contributed by atoms with E-state index < -0.39 is 44.1 Å². The summed E-state index contributed by atoms with van der Waals surface area (Å²) in [5, 5.41) is 30.1. The van der Waals surface area contributed by atoms with E-state index in [4.69, 9.17) is 20.1 Å². The molecule has 0 aliphatic rings. The highest BCUT2D eigenvalue weighted by molar-refractivity contribution is 7.88. The van der Waals surface area contributed by atoms with Crippen LogP contribution in [0, 0.1) is 0 Å². The molecule has 4 radical (unpaired) electrons. The van der Waals surface area contributed by atoms with Crippen LogP contribution in [0.5, 0.6) is 23.0 Å². The van der Waals surface area contributed by atoms with Crippen molar-refractivity contribution in [3.05, 3.63) is 36.4 Å². The summed E-state index contributed by atoms with van der Waals surface area (Å²) in [5.74, 6) is -3.24. The molecule has 3 aromatic carbocycles. The zero-order valence-corrected chi connectivity index (χ0v) is 16.5. The van der Waals surface area contributed by atoms with E-state index in [9.17, 15) is 36.9 Å². The summed E-state index contributed by atoms with van der Waals surface area (Å²) in [4.78, 5) is 0. The number of phenolic OH excluding ortho intramolecular Hbond substituents is 3. The van der Waals surface area contributed by atoms with E-state index in [0.29, 0.717) is 0 Å². The van der Waals surface area contributed by atoms with Crippen molar-refractivity contribution in [1.82, 2.24) is 0 Å². The van der Waals surface area contributed by atoms with Crippen LogP contribution in [0.25, 0.3) is 33.1 Å². The maximum atomic E-state index is 12.8. The summed E-state index contributed by atoms with van der Waals surface area (Å²) in [5.41, 5.74) is -6.61. The summed E-state index contributed by atoms with van der Waals surface area (Å²) in [7, 11) is 5.62. The van der Waals surface area contributed by atoms with Gasteiger partial charge in [0.25, 0.3) is 0 Å². The van der Waals surface area contributed by atoms with Gasteiger partial charge in [-0.3, -0.25) is 0 Å². The van der Waals surface area contributed by atoms with E-state index in [1.54, 1.807) is 0 Å². The topological polar surface area (TPSA) is 117 Å². The van der Waals surface area contributed by atoms with Crippen molar-refractivity contribution in [2.24, 2.45) is 0 Å². The average molecular weight is 460 g/mol. The monoisotopic (exact) mass is 460 g/mol. The lowest BCUT2D eigenvalue weighted by atomic mass is 9.74. The molecule has 0 aliphatic heterocycles. The Morgan fingerprint density at radius 2 is 1.56 bits per heavy atom. The predicted octanol–water partition coefficient (Wildman–Crippen LogP) is 2.19. The second-order valence-corrected chi connectivity index (χ2v) is 8.18. The molecular weight excluding hydrogens is 451 g/mol. The van der Waals surface area contributed by atoms with Gasteiger partial charge in [0.2, 0.25) is 0 Å². The van der Waals surface area contributed by atoms with Crippen LogP contribution in [0.15, 0.2) is 40.8 Å². The lowest BCUT2D eigenvalue weighted by Crippen LogP contribution is -2.28. The first-order valence-electron chi connectivity index (χ1n) is 8.62. The van der Waals surface area contributed by atoms with Gasteiger partial charge in [-0.05, 0) is 12.1 Å². The molecule has 0 amide bonds. The molecule has 1 aromatic heterocycles. The highest BCUT2D eigenvalue weighted by Crippen LogP contribution is 2.45. The van der Waals surface area contributed by atoms with Crippen LogP contribution < -0.4 is 15.1 Å². The molecule has 1 heterocycles. The molecule has 0 spiro atoms. The van der Waals surface area contributed by atoms with Gasteiger partial charge in [0, 0.05) is 16.5 Å². The SMILES string of the molecule is [B]c1c([B])c(-c2cccc3c2oc2cccc(OS(=O)(=O)C(F)(F)F)c23)c(O)c(O)c1O. The van der Waals surface area contributed by atoms with Crippen molar-refractivity contribution < 1.29 is 45.5 Å². The van der Waals surface area contributed by atoms with Gasteiger partial charge in [0.05, 0.1) is 5.39 Å². The van der Waals surface area contributed by atoms with E-state index in [1.165, 1.54) is 30.3 Å². The summed E-state index contributed by atoms with van der Waals surface area (Å²) >= 11 is 0. The second kappa shape index (κ2) is 7.02. The molecule has 0 bridgehead atoms. The minimum absolute atomic E-state index is 0.0312. The third kappa shape index (κ3) is 3.11. The third-order valence-electron chi connectivity index (χ3n) is 4.74. The van der Waals surface area contributed by atoms with Crippen LogP contribution in [0.2, 0.25) is 0 Å². The number of fused-ring (bicyclic) bond motifs is 3. The van der Waals surface area contributed by atoms with E-state index >= 15 is 0 Å². The molecule has 4 rings (SSSR count). The first-order valence-corrected chi connectivity index (χ1v) is 10.0. The first kappa shape index (κ1) is 21.8. The number of rotatable bonds is 3. The van der Waals surface area contributed by atoms with Crippen LogP contribution >= 0.6 is 0 Å². The van der Waals surface area contributed by atoms with Gasteiger partial charge < -0.3 is 23.9 Å². The van der Waals surface area contributed by atoms with Gasteiger partial charge in [-0.25, -0.2) is 0 Å². The normalized spacial score (nSPS) is 12.5. The fraction of sp³-hybridized carbons (Fsp3) is 0.0526. The fourth-order valence-electron chi connectivity index (χ4n) is 3.27. The summed E-state index contributed by atoms with van der Waals surface area (Å²) in [6.07, 6.45) is 0. The van der Waals surface area contributed by atoms with E-state index in [0.717, 1.165) is 6.07 Å². The number of para-hydroxylation sites is 1. The van der Waals surface area contributed by atoms with E-state index in [1.807, 2.05) is 0 Å². The molecule has 0 saturated carbocycles. The molecule has 0 aliphatic carbocycles. The molecule has 3 N–H and O–H groups in total. The average Bonchev–Trinajstić information content (AvgIpc) is 3.10. The van der Waals surface area contributed by atoms with Crippen molar-refractivity contribution >= 4 is 58.7 Å². The van der Waals surface area contributed by atoms with Crippen LogP contribution in [0.4, 0.5) is 13.2 Å². The molecule has 160 valence electrons. The number of aromatic hydroxyl groups is 3. The minimum atomic E-state index is -5.96. The first-order chi connectivity index (χ1) is 14.8. The van der Waals surface area contributed by atoms with Crippen LogP contribution in [-0.4, -0.2) is 44.9 Å². The molecule has 32 heavy (non-hydrogen) atoms. The highest BCUT2D eigenvalue weighted by atomic mass is 32.2. The Morgan fingerprint density at radius 1 is 0.906 bits per heavy atom. The van der Waals surface area contributed by atoms with Crippen LogP contribution in [0.3, 0.4) is 0 Å². The van der Waals surface area contributed by atoms with Gasteiger partial charge in [-0.1, -0.05) is 35.2 Å². The van der Waals surface area contributed by atoms with Crippen LogP contribution in [-0.2, 0) is 10.1 Å². The minimum Gasteiger partial charge on any atom is -0.505 e. The zero-order chi connectivity index (χ0) is 23.6. The molecule has 4 aromatic rings. The maximum Gasteiger partial charge on any atom is 0.534 e. The van der Waals surface area contributed by atoms with Gasteiger partial charge in [0.15, 0.2) is 23.0 Å². The fourth-order valence-corrected chi connectivity index (χ4v) is 3.74. The Morgan fingerprint density at radius 3 is 2.22 bits per heavy atom. The molecule has 0 fully saturated rings. The second-order valence-electron chi connectivity index (χ2n) is 6.64. The standard InChI is InChI=1S/C19H9B2F3O7S/c20-13-12(15(25)17(27)16(26)14(13)21)8-4-1-3-7-11-9(30-18(7)8)5-2-6-10(11)31-32(28,29)19(22,23)24/h1-6,25-27H. The Kier molecular flexibility index (Phi) is 4.77. The Balaban J connectivity index is 2.04. The molecule has 0 unspecified atom stereocenters. The Labute approximate surface area is 180 Å². The molecular formula is C19H9B2F3O7S. The number of alkyl halides is 3. The third-order valence-corrected chi connectivity index (χ3v) is 5.70. The Bertz CT molecular complexity index is 1480. The van der Waals surface area contributed by atoms with E-state index in [-0.39, 0.29) is 38.5 Å². The molecule has 13 heteroatoms. The largest absolute Gasteiger partial charge is 0.534 e. The quantitative estimate of drug-likeness (QED) is 0.186. The number of furan rings is 1. The number of phenols is 3. The number of benzene rings is 3. The molecule has 7 nitrogen and oxygen atoms in total. The van der Waals surface area contributed by atoms with Crippen molar-refractivity contribution in [2.75, 3.05) is 0 Å². The highest BCUT2D eigenvalue weighted by Gasteiger charge is 2.48. The van der Waals surface area contributed by atoms with E-state index in [2.05, 4.69) is 4.18 Å². The Hall–Kier alpha value is -3.47. The van der Waals surface area contributed by atoms with Gasteiger partial charge in [-0.2, -0.15) is 21.6 Å². The smallest absolute Gasteiger partial charge is 0.505 e. The number of halogens is 3. The van der Waals surface area contributed by atoms with Crippen molar-refractivity contribution in [3.63, 3.8) is 0 Å². The molecule has 0 saturated heterocycles. The summed E-state index contributed by atoms with van der Waals surface area (Å²) in [6.45, 7) is 0. The lowest BCUT2D eigenvalue weighted by Gasteiger charge is -2.16. The van der Waals surface area contributed by atoms with Gasteiger partial charge >= 0.3 is 15.6 Å². The molecule has 0 atom stereocenters. The van der Waals surface area contributed by atoms with Crippen molar-refractivity contribution in [3.8, 4) is 34.1 Å². The van der Waals surface area contributed by atoms with Crippen molar-refractivity contribution in [2.45, 2.75) is 5.51 Å². The summed E-state index contributed by atoms with van der Waals surface area (Å²) < 4.78 is 71.5. The van der Waals surface area contributed by atoms with Gasteiger partial charge in [0.1, 0.15) is 26.9 Å².